The molecular weight excluding hydrogens is 297 g/mol. The Morgan fingerprint density at radius 1 is 1.24 bits per heavy atom. The molecule has 1 aromatic carbocycles. The lowest BCUT2D eigenvalue weighted by Crippen LogP contribution is -2.29. The number of hydrogen-bond acceptors (Lipinski definition) is 5. The molecule has 6 nitrogen and oxygen atoms in total. The quantitative estimate of drug-likeness (QED) is 0.716. The van der Waals surface area contributed by atoms with Crippen LogP contribution in [-0.2, 0) is 15.7 Å². The summed E-state index contributed by atoms with van der Waals surface area (Å²) in [4.78, 5) is 21.8. The first-order chi connectivity index (χ1) is 9.59. The van der Waals surface area contributed by atoms with E-state index in [1.165, 1.54) is 0 Å². The van der Waals surface area contributed by atoms with Crippen molar-refractivity contribution in [2.45, 2.75) is 18.4 Å². The average Bonchev–Trinajstić information content (AvgIpc) is 2.43. The number of carbonyl (C=O) groups excluding carboxylic acids is 1. The monoisotopic (exact) mass is 308 g/mol. The summed E-state index contributed by atoms with van der Waals surface area (Å²) in [5.41, 5.74) is -2.97. The van der Waals surface area contributed by atoms with Crippen LogP contribution in [0.1, 0.15) is 27.6 Å². The molecule has 0 radical (unpaired) electrons. The normalized spacial score (nSPS) is 14.4. The highest BCUT2D eigenvalue weighted by Gasteiger charge is 2.37. The van der Waals surface area contributed by atoms with Crippen LogP contribution in [0.25, 0.3) is 0 Å². The minimum Gasteiger partial charge on any atom is -0.478 e. The molecule has 0 aliphatic heterocycles. The standard InChI is InChI=1S/C12H11F3O6/c1-21-11(20)9(17)8(16)5-2-3-6(10(18)19)7(4-5)12(13,14)15/h2-4,8-9,16-17H,1H3,(H,18,19). The van der Waals surface area contributed by atoms with Crippen molar-refractivity contribution in [1.29, 1.82) is 0 Å². The van der Waals surface area contributed by atoms with E-state index in [-0.39, 0.29) is 0 Å². The Bertz CT molecular complexity index is 554. The number of aromatic carboxylic acids is 1. The van der Waals surface area contributed by atoms with Crippen molar-refractivity contribution >= 4 is 11.9 Å². The van der Waals surface area contributed by atoms with E-state index in [2.05, 4.69) is 4.74 Å². The van der Waals surface area contributed by atoms with Gasteiger partial charge in [-0.1, -0.05) is 6.07 Å². The van der Waals surface area contributed by atoms with Crippen LogP contribution < -0.4 is 0 Å². The molecular formula is C12H11F3O6. The van der Waals surface area contributed by atoms with Gasteiger partial charge in [0.1, 0.15) is 6.10 Å². The molecule has 1 aromatic rings. The molecule has 0 amide bonds. The minimum absolute atomic E-state index is 0.361. The third kappa shape index (κ3) is 3.70. The summed E-state index contributed by atoms with van der Waals surface area (Å²) in [5, 5.41) is 27.7. The Morgan fingerprint density at radius 2 is 1.81 bits per heavy atom. The topological polar surface area (TPSA) is 104 Å². The summed E-state index contributed by atoms with van der Waals surface area (Å²) in [5.74, 6) is -3.03. The van der Waals surface area contributed by atoms with Gasteiger partial charge in [-0.15, -0.1) is 0 Å². The molecule has 0 aliphatic rings. The van der Waals surface area contributed by atoms with E-state index in [9.17, 15) is 33.0 Å². The molecule has 0 aliphatic carbocycles. The number of rotatable bonds is 4. The molecule has 1 rings (SSSR count). The van der Waals surface area contributed by atoms with Gasteiger partial charge in [0.05, 0.1) is 18.2 Å². The van der Waals surface area contributed by atoms with Crippen molar-refractivity contribution < 1.29 is 42.8 Å². The predicted octanol–water partition coefficient (Wildman–Crippen LogP) is 0.971. The maximum absolute atomic E-state index is 12.8. The second kappa shape index (κ2) is 6.10. The fourth-order valence-electron chi connectivity index (χ4n) is 1.60. The maximum Gasteiger partial charge on any atom is 0.417 e. The molecule has 3 N–H and O–H groups in total. The molecule has 2 atom stereocenters. The molecule has 0 fully saturated rings. The van der Waals surface area contributed by atoms with Crippen LogP contribution >= 0.6 is 0 Å². The Balaban J connectivity index is 3.29. The molecule has 9 heteroatoms. The van der Waals surface area contributed by atoms with Gasteiger partial charge < -0.3 is 20.1 Å². The van der Waals surface area contributed by atoms with Gasteiger partial charge in [0.15, 0.2) is 6.10 Å². The zero-order chi connectivity index (χ0) is 16.4. The first-order valence-electron chi connectivity index (χ1n) is 5.48. The third-order valence-electron chi connectivity index (χ3n) is 2.66. The van der Waals surface area contributed by atoms with E-state index < -0.39 is 47.0 Å². The summed E-state index contributed by atoms with van der Waals surface area (Å²) >= 11 is 0. The number of ether oxygens (including phenoxy) is 1. The van der Waals surface area contributed by atoms with Crippen molar-refractivity contribution in [3.05, 3.63) is 34.9 Å². The lowest BCUT2D eigenvalue weighted by molar-refractivity contribution is -0.156. The van der Waals surface area contributed by atoms with Gasteiger partial charge in [-0.2, -0.15) is 13.2 Å². The highest BCUT2D eigenvalue weighted by Crippen LogP contribution is 2.34. The molecule has 116 valence electrons. The number of esters is 1. The van der Waals surface area contributed by atoms with Crippen molar-refractivity contribution in [3.8, 4) is 0 Å². The smallest absolute Gasteiger partial charge is 0.417 e. The van der Waals surface area contributed by atoms with E-state index in [0.717, 1.165) is 13.2 Å². The number of benzene rings is 1. The molecule has 0 aromatic heterocycles. The minimum atomic E-state index is -4.97. The fourth-order valence-corrected chi connectivity index (χ4v) is 1.60. The molecule has 2 unspecified atom stereocenters. The maximum atomic E-state index is 12.8. The van der Waals surface area contributed by atoms with Crippen molar-refractivity contribution in [2.24, 2.45) is 0 Å². The molecule has 0 saturated heterocycles. The van der Waals surface area contributed by atoms with Crippen molar-refractivity contribution in [1.82, 2.24) is 0 Å². The highest BCUT2D eigenvalue weighted by molar-refractivity contribution is 5.89. The third-order valence-corrected chi connectivity index (χ3v) is 2.66. The Morgan fingerprint density at radius 3 is 2.24 bits per heavy atom. The second-order valence-electron chi connectivity index (χ2n) is 4.02. The first kappa shape index (κ1) is 16.9. The van der Waals surface area contributed by atoms with Crippen LogP contribution in [0.2, 0.25) is 0 Å². The van der Waals surface area contributed by atoms with Crippen molar-refractivity contribution in [3.63, 3.8) is 0 Å². The Kier molecular flexibility index (Phi) is 4.92. The van der Waals surface area contributed by atoms with Gasteiger partial charge in [0.25, 0.3) is 0 Å². The van der Waals surface area contributed by atoms with Gasteiger partial charge in [0, 0.05) is 0 Å². The number of carbonyl (C=O) groups is 2. The van der Waals surface area contributed by atoms with E-state index in [1.807, 2.05) is 0 Å². The van der Waals surface area contributed by atoms with Gasteiger partial charge in [-0.25, -0.2) is 9.59 Å². The molecule has 0 spiro atoms. The second-order valence-corrected chi connectivity index (χ2v) is 4.02. The number of carboxylic acid groups (broad SMARTS) is 1. The molecule has 21 heavy (non-hydrogen) atoms. The molecule has 0 saturated carbocycles. The number of alkyl halides is 3. The highest BCUT2D eigenvalue weighted by atomic mass is 19.4. The van der Waals surface area contributed by atoms with Gasteiger partial charge in [-0.3, -0.25) is 0 Å². The number of halogens is 3. The lowest BCUT2D eigenvalue weighted by Gasteiger charge is -2.18. The average molecular weight is 308 g/mol. The van der Waals surface area contributed by atoms with Crippen LogP contribution in [-0.4, -0.2) is 40.5 Å². The Labute approximate surface area is 116 Å². The zero-order valence-electron chi connectivity index (χ0n) is 10.6. The number of carboxylic acids is 1. The lowest BCUT2D eigenvalue weighted by atomic mass is 9.98. The van der Waals surface area contributed by atoms with E-state index in [4.69, 9.17) is 5.11 Å². The summed E-state index contributed by atoms with van der Waals surface area (Å²) in [7, 11) is 0.924. The van der Waals surface area contributed by atoms with Crippen molar-refractivity contribution in [2.75, 3.05) is 7.11 Å². The van der Waals surface area contributed by atoms with Crippen LogP contribution in [0.15, 0.2) is 18.2 Å². The SMILES string of the molecule is COC(=O)C(O)C(O)c1ccc(C(=O)O)c(C(F)(F)F)c1. The first-order valence-corrected chi connectivity index (χ1v) is 5.48. The van der Waals surface area contributed by atoms with Crippen LogP contribution in [0.4, 0.5) is 13.2 Å². The number of hydrogen-bond donors (Lipinski definition) is 3. The number of aliphatic hydroxyl groups excluding tert-OH is 2. The zero-order valence-corrected chi connectivity index (χ0v) is 10.6. The van der Waals surface area contributed by atoms with Gasteiger partial charge >= 0.3 is 18.1 Å². The van der Waals surface area contributed by atoms with Gasteiger partial charge in [0.2, 0.25) is 0 Å². The van der Waals surface area contributed by atoms with E-state index >= 15 is 0 Å². The summed E-state index contributed by atoms with van der Waals surface area (Å²) in [6.45, 7) is 0. The molecule has 0 bridgehead atoms. The van der Waals surface area contributed by atoms with E-state index in [0.29, 0.717) is 12.1 Å². The number of aliphatic hydroxyl groups is 2. The fraction of sp³-hybridized carbons (Fsp3) is 0.333. The van der Waals surface area contributed by atoms with Gasteiger partial charge in [-0.05, 0) is 17.7 Å². The van der Waals surface area contributed by atoms with Crippen LogP contribution in [0.5, 0.6) is 0 Å². The Hall–Kier alpha value is -2.13. The largest absolute Gasteiger partial charge is 0.478 e. The summed E-state index contributed by atoms with van der Waals surface area (Å²) in [6.07, 6.45) is -9.05. The summed E-state index contributed by atoms with van der Waals surface area (Å²) in [6, 6.07) is 1.86. The van der Waals surface area contributed by atoms with E-state index in [1.54, 1.807) is 0 Å². The number of methoxy groups -OCH3 is 1. The van der Waals surface area contributed by atoms with Crippen LogP contribution in [0.3, 0.4) is 0 Å². The summed E-state index contributed by atoms with van der Waals surface area (Å²) < 4.78 is 42.5. The predicted molar refractivity (Wildman–Crippen MR) is 61.4 cm³/mol. The molecule has 0 heterocycles. The van der Waals surface area contributed by atoms with Crippen LogP contribution in [0, 0.1) is 0 Å².